The fourth-order valence-electron chi connectivity index (χ4n) is 8.82. The second-order valence-electron chi connectivity index (χ2n) is 16.9. The highest BCUT2D eigenvalue weighted by Gasteiger charge is 2.43. The van der Waals surface area contributed by atoms with Crippen LogP contribution in [0, 0.1) is 54.3 Å². The van der Waals surface area contributed by atoms with Crippen molar-refractivity contribution in [2.24, 2.45) is 22.7 Å². The van der Waals surface area contributed by atoms with Gasteiger partial charge in [0, 0.05) is 63.0 Å². The third kappa shape index (κ3) is 13.2. The van der Waals surface area contributed by atoms with E-state index >= 15 is 0 Å². The first-order valence-electron chi connectivity index (χ1n) is 21.8. The van der Waals surface area contributed by atoms with Gasteiger partial charge in [0.15, 0.2) is 5.75 Å². The fraction of sp³-hybridized carbons (Fsp3) is 0.592. The van der Waals surface area contributed by atoms with Crippen molar-refractivity contribution in [3.63, 3.8) is 0 Å². The number of carbonyl (C=O) groups excluding carboxylic acids is 3. The van der Waals surface area contributed by atoms with E-state index in [2.05, 4.69) is 16.8 Å². The molecule has 12 nitrogen and oxygen atoms in total. The largest absolute Gasteiger partial charge is 0.460 e. The summed E-state index contributed by atoms with van der Waals surface area (Å²) in [6.45, 7) is 2.73. The number of pyridine rings is 1. The van der Waals surface area contributed by atoms with Gasteiger partial charge in [-0.1, -0.05) is 42.5 Å². The number of ether oxygens (including phenoxy) is 5. The van der Waals surface area contributed by atoms with Crippen LogP contribution in [0.25, 0.3) is 0 Å². The molecular weight excluding hydrogens is 779 g/mol. The lowest BCUT2D eigenvalue weighted by Gasteiger charge is -2.33. The van der Waals surface area contributed by atoms with Gasteiger partial charge in [-0.3, -0.25) is 19.4 Å². The molecule has 3 fully saturated rings. The van der Waals surface area contributed by atoms with E-state index in [1.54, 1.807) is 6.92 Å². The fourth-order valence-corrected chi connectivity index (χ4v) is 8.82. The van der Waals surface area contributed by atoms with Crippen molar-refractivity contribution in [1.29, 1.82) is 0 Å². The van der Waals surface area contributed by atoms with E-state index < -0.39 is 47.0 Å². The van der Waals surface area contributed by atoms with Crippen molar-refractivity contribution >= 4 is 17.9 Å². The molecule has 0 radical (unpaired) electrons. The van der Waals surface area contributed by atoms with Crippen LogP contribution in [0.3, 0.4) is 0 Å². The Morgan fingerprint density at radius 3 is 2.11 bits per heavy atom. The maximum absolute atomic E-state index is 13.6. The first-order valence-corrected chi connectivity index (χ1v) is 21.8. The van der Waals surface area contributed by atoms with Crippen LogP contribution in [0.4, 0.5) is 0 Å². The number of allylic oxidation sites excluding steroid dienone is 2. The van der Waals surface area contributed by atoms with Gasteiger partial charge in [-0.25, -0.2) is 0 Å². The molecule has 3 heterocycles. The Balaban J connectivity index is 1.18. The minimum Gasteiger partial charge on any atom is -0.460 e. The number of hydrogen-bond acceptors (Lipinski definition) is 12. The summed E-state index contributed by atoms with van der Waals surface area (Å²) >= 11 is 0. The lowest BCUT2D eigenvalue weighted by Crippen LogP contribution is -2.38. The number of terminal acetylenes is 2. The number of aliphatic hydroxyl groups is 3. The standard InChI is InChI=1S/C49H63NO11/c1-4-21-48(23-27-57-28-24-48)46(55)59-33-37-32-50-35(3)45(41(37)34-60-47(56)49(22-5-2)25-29-58-30-26-49)61-44(54)16-12-7-6-11-15-39-40(43(53)31-42(39)52)20-19-38(51)18-17-36-13-9-8-10-14-36/h1-2,6,8-11,13-14,32,38-40,42-43,51-53H,7,12,15-31,33-34H2,3H3/b11-6-/t38-,39+,40+,42-,43+/m0/s1. The number of benzene rings is 1. The summed E-state index contributed by atoms with van der Waals surface area (Å²) in [7, 11) is 0. The van der Waals surface area contributed by atoms with E-state index in [0.717, 1.165) is 6.42 Å². The van der Waals surface area contributed by atoms with E-state index in [4.69, 9.17) is 36.5 Å². The Hall–Kier alpha value is -4.56. The minimum absolute atomic E-state index is 0.0818. The lowest BCUT2D eigenvalue weighted by molar-refractivity contribution is -0.164. The number of rotatable bonds is 21. The van der Waals surface area contributed by atoms with Crippen molar-refractivity contribution in [2.75, 3.05) is 26.4 Å². The third-order valence-electron chi connectivity index (χ3n) is 12.8. The smallest absolute Gasteiger partial charge is 0.313 e. The molecule has 1 aliphatic carbocycles. The summed E-state index contributed by atoms with van der Waals surface area (Å²) in [5.41, 5.74) is 0.560. The van der Waals surface area contributed by atoms with Crippen LogP contribution in [0.2, 0.25) is 0 Å². The highest BCUT2D eigenvalue weighted by Crippen LogP contribution is 2.40. The average molecular weight is 842 g/mol. The van der Waals surface area contributed by atoms with Crippen molar-refractivity contribution in [3.05, 3.63) is 71.1 Å². The molecule has 2 aliphatic heterocycles. The Bertz CT molecular complexity index is 1850. The van der Waals surface area contributed by atoms with Crippen LogP contribution in [-0.4, -0.2) is 83.0 Å². The number of unbranched alkanes of at least 4 members (excludes halogenated alkanes) is 1. The first kappa shape index (κ1) is 47.5. The number of aromatic nitrogens is 1. The Morgan fingerprint density at radius 1 is 0.885 bits per heavy atom. The maximum Gasteiger partial charge on any atom is 0.313 e. The molecule has 3 N–H and O–H groups in total. The van der Waals surface area contributed by atoms with E-state index in [1.807, 2.05) is 42.5 Å². The van der Waals surface area contributed by atoms with E-state index in [-0.39, 0.29) is 50.1 Å². The van der Waals surface area contributed by atoms with Gasteiger partial charge in [0.2, 0.25) is 0 Å². The Labute approximate surface area is 360 Å². The van der Waals surface area contributed by atoms with Gasteiger partial charge in [0.25, 0.3) is 0 Å². The van der Waals surface area contributed by atoms with Gasteiger partial charge >= 0.3 is 17.9 Å². The quantitative estimate of drug-likeness (QED) is 0.0558. The average Bonchev–Trinajstić information content (AvgIpc) is 3.54. The molecular formula is C49H63NO11. The molecule has 1 saturated carbocycles. The van der Waals surface area contributed by atoms with Crippen LogP contribution < -0.4 is 4.74 Å². The van der Waals surface area contributed by atoms with Crippen LogP contribution in [-0.2, 0) is 53.0 Å². The number of nitrogens with zero attached hydrogens (tertiary/aromatic N) is 1. The zero-order valence-corrected chi connectivity index (χ0v) is 35.6. The molecule has 0 bridgehead atoms. The van der Waals surface area contributed by atoms with Crippen LogP contribution in [0.1, 0.15) is 112 Å². The molecule has 0 unspecified atom stereocenters. The van der Waals surface area contributed by atoms with Gasteiger partial charge in [-0.05, 0) is 101 Å². The molecule has 1 aromatic carbocycles. The molecule has 1 aromatic heterocycles. The summed E-state index contributed by atoms with van der Waals surface area (Å²) in [6.07, 6.45) is 21.8. The number of aryl methyl sites for hydroxylation is 2. The molecule has 3 aliphatic rings. The van der Waals surface area contributed by atoms with Gasteiger partial charge in [-0.15, -0.1) is 24.7 Å². The summed E-state index contributed by atoms with van der Waals surface area (Å²) in [5.74, 6) is 3.67. The minimum atomic E-state index is -0.904. The topological polar surface area (TPSA) is 171 Å². The van der Waals surface area contributed by atoms with Crippen molar-refractivity contribution in [2.45, 2.75) is 135 Å². The maximum atomic E-state index is 13.6. The van der Waals surface area contributed by atoms with Crippen LogP contribution in [0.5, 0.6) is 5.75 Å². The zero-order valence-electron chi connectivity index (χ0n) is 35.6. The number of aliphatic hydroxyl groups excluding tert-OH is 3. The molecule has 0 spiro atoms. The molecule has 5 atom stereocenters. The van der Waals surface area contributed by atoms with E-state index in [9.17, 15) is 29.7 Å². The van der Waals surface area contributed by atoms with Gasteiger partial charge in [0.1, 0.15) is 13.2 Å². The zero-order chi connectivity index (χ0) is 43.7. The number of esters is 3. The molecule has 61 heavy (non-hydrogen) atoms. The van der Waals surface area contributed by atoms with Gasteiger partial charge in [0.05, 0.1) is 34.8 Å². The lowest BCUT2D eigenvalue weighted by atomic mass is 9.77. The molecule has 2 aromatic rings. The summed E-state index contributed by atoms with van der Waals surface area (Å²) in [4.78, 5) is 44.9. The monoisotopic (exact) mass is 841 g/mol. The third-order valence-corrected chi connectivity index (χ3v) is 12.8. The van der Waals surface area contributed by atoms with E-state index in [1.165, 1.54) is 11.8 Å². The normalized spacial score (nSPS) is 22.5. The summed E-state index contributed by atoms with van der Waals surface area (Å²) in [5, 5.41) is 32.1. The van der Waals surface area contributed by atoms with Crippen LogP contribution in [0.15, 0.2) is 48.7 Å². The summed E-state index contributed by atoms with van der Waals surface area (Å²) < 4.78 is 28.7. The predicted octanol–water partition coefficient (Wildman–Crippen LogP) is 6.27. The molecule has 12 heteroatoms. The number of carbonyl (C=O) groups is 3. The molecule has 0 amide bonds. The molecule has 330 valence electrons. The summed E-state index contributed by atoms with van der Waals surface area (Å²) in [6, 6.07) is 10.0. The van der Waals surface area contributed by atoms with E-state index in [0.29, 0.717) is 114 Å². The molecule has 2 saturated heterocycles. The van der Waals surface area contributed by atoms with Crippen LogP contribution >= 0.6 is 0 Å². The molecule has 5 rings (SSSR count). The second kappa shape index (κ2) is 23.6. The van der Waals surface area contributed by atoms with Crippen molar-refractivity contribution in [3.8, 4) is 30.4 Å². The SMILES string of the molecule is C#CCC1(C(=O)OCc2cnc(C)c(OC(=O)CCC/C=C\C[C@@H]3[C@@H](CC[C@@H](O)CCc4ccccc4)[C@H](O)C[C@@H]3O)c2COC(=O)C2(CC#C)CCOCC2)CCOCC1. The van der Waals surface area contributed by atoms with Gasteiger partial charge in [-0.2, -0.15) is 0 Å². The Morgan fingerprint density at radius 2 is 1.49 bits per heavy atom. The Kier molecular flexibility index (Phi) is 18.4. The first-order chi connectivity index (χ1) is 29.5. The van der Waals surface area contributed by atoms with Crippen molar-refractivity contribution in [1.82, 2.24) is 4.98 Å². The van der Waals surface area contributed by atoms with Gasteiger partial charge < -0.3 is 39.0 Å². The highest BCUT2D eigenvalue weighted by molar-refractivity contribution is 5.78. The van der Waals surface area contributed by atoms with Crippen molar-refractivity contribution < 1.29 is 53.4 Å². The predicted molar refractivity (Wildman–Crippen MR) is 227 cm³/mol. The second-order valence-corrected chi connectivity index (χ2v) is 16.9. The highest BCUT2D eigenvalue weighted by atomic mass is 16.6. The number of hydrogen-bond donors (Lipinski definition) is 3.